The highest BCUT2D eigenvalue weighted by Crippen LogP contribution is 2.28. The average Bonchev–Trinajstić information content (AvgIpc) is 2.97. The van der Waals surface area contributed by atoms with Crippen LogP contribution in [0.4, 0.5) is 10.7 Å². The molecule has 0 spiro atoms. The molecule has 0 fully saturated rings. The fraction of sp³-hybridized carbons (Fsp3) is 0.214. The third kappa shape index (κ3) is 2.47. The third-order valence-electron chi connectivity index (χ3n) is 3.61. The van der Waals surface area contributed by atoms with Crippen LogP contribution in [-0.2, 0) is 13.0 Å². The largest absolute Gasteiger partial charge is 0.398 e. The summed E-state index contributed by atoms with van der Waals surface area (Å²) in [6.07, 6.45) is 0.748. The van der Waals surface area contributed by atoms with E-state index < -0.39 is 4.92 Å². The molecular formula is C14H13N3O3S. The van der Waals surface area contributed by atoms with Gasteiger partial charge in [0.25, 0.3) is 5.91 Å². The maximum Gasteiger partial charge on any atom is 0.324 e. The first-order valence-electron chi connectivity index (χ1n) is 6.44. The van der Waals surface area contributed by atoms with Crippen molar-refractivity contribution in [1.82, 2.24) is 4.90 Å². The number of carbonyl (C=O) groups excluding carboxylic acids is 1. The van der Waals surface area contributed by atoms with Crippen LogP contribution in [0.1, 0.15) is 21.5 Å². The highest BCUT2D eigenvalue weighted by molar-refractivity contribution is 7.13. The molecule has 1 aliphatic rings. The standard InChI is InChI=1S/C14H13N3O3S/c15-12-3-1-2-9-4-5-16(7-11(9)12)14(18)10-6-13(17(19)20)21-8-10/h1-3,6,8H,4-5,7,15H2. The Hall–Kier alpha value is -2.41. The number of carbonyl (C=O) groups is 1. The molecule has 1 aromatic heterocycles. The number of fused-ring (bicyclic) bond motifs is 1. The van der Waals surface area contributed by atoms with E-state index in [9.17, 15) is 14.9 Å². The Labute approximate surface area is 124 Å². The number of nitrogen functional groups attached to an aromatic ring is 1. The molecule has 0 radical (unpaired) electrons. The molecule has 7 heteroatoms. The molecule has 0 atom stereocenters. The minimum Gasteiger partial charge on any atom is -0.398 e. The molecule has 1 aromatic carbocycles. The Morgan fingerprint density at radius 2 is 2.24 bits per heavy atom. The third-order valence-corrected chi connectivity index (χ3v) is 4.49. The van der Waals surface area contributed by atoms with Crippen molar-refractivity contribution in [2.75, 3.05) is 12.3 Å². The maximum atomic E-state index is 12.4. The van der Waals surface area contributed by atoms with E-state index in [0.717, 1.165) is 28.9 Å². The zero-order valence-corrected chi connectivity index (χ0v) is 11.9. The average molecular weight is 303 g/mol. The molecule has 1 amide bonds. The molecule has 0 saturated carbocycles. The molecule has 0 bridgehead atoms. The Bertz CT molecular complexity index is 726. The van der Waals surface area contributed by atoms with Gasteiger partial charge in [0, 0.05) is 30.2 Å². The number of rotatable bonds is 2. The second-order valence-corrected chi connectivity index (χ2v) is 5.78. The number of hydrogen-bond acceptors (Lipinski definition) is 5. The summed E-state index contributed by atoms with van der Waals surface area (Å²) in [7, 11) is 0. The van der Waals surface area contributed by atoms with Crippen LogP contribution in [0.25, 0.3) is 0 Å². The van der Waals surface area contributed by atoms with Crippen LogP contribution >= 0.6 is 11.3 Å². The van der Waals surface area contributed by atoms with Crippen molar-refractivity contribution in [2.45, 2.75) is 13.0 Å². The molecule has 108 valence electrons. The number of amides is 1. The number of hydrogen-bond donors (Lipinski definition) is 1. The second kappa shape index (κ2) is 5.17. The van der Waals surface area contributed by atoms with Crippen molar-refractivity contribution in [2.24, 2.45) is 0 Å². The van der Waals surface area contributed by atoms with Crippen molar-refractivity contribution in [3.8, 4) is 0 Å². The van der Waals surface area contributed by atoms with E-state index in [1.54, 1.807) is 4.90 Å². The van der Waals surface area contributed by atoms with Crippen molar-refractivity contribution >= 4 is 27.9 Å². The van der Waals surface area contributed by atoms with E-state index >= 15 is 0 Å². The lowest BCUT2D eigenvalue weighted by molar-refractivity contribution is -0.380. The second-order valence-electron chi connectivity index (χ2n) is 4.89. The number of thiophene rings is 1. The van der Waals surface area contributed by atoms with Gasteiger partial charge < -0.3 is 10.6 Å². The summed E-state index contributed by atoms with van der Waals surface area (Å²) in [5.41, 5.74) is 9.14. The van der Waals surface area contributed by atoms with Gasteiger partial charge in [0.15, 0.2) is 0 Å². The van der Waals surface area contributed by atoms with E-state index in [-0.39, 0.29) is 10.9 Å². The molecule has 6 nitrogen and oxygen atoms in total. The van der Waals surface area contributed by atoms with Crippen molar-refractivity contribution in [1.29, 1.82) is 0 Å². The van der Waals surface area contributed by atoms with Crippen molar-refractivity contribution < 1.29 is 9.72 Å². The van der Waals surface area contributed by atoms with Gasteiger partial charge in [-0.1, -0.05) is 23.5 Å². The van der Waals surface area contributed by atoms with Gasteiger partial charge in [-0.25, -0.2) is 0 Å². The van der Waals surface area contributed by atoms with E-state index in [2.05, 4.69) is 0 Å². The lowest BCUT2D eigenvalue weighted by atomic mass is 9.98. The van der Waals surface area contributed by atoms with Gasteiger partial charge in [-0.05, 0) is 23.6 Å². The monoisotopic (exact) mass is 303 g/mol. The quantitative estimate of drug-likeness (QED) is 0.524. The van der Waals surface area contributed by atoms with Crippen molar-refractivity contribution in [3.63, 3.8) is 0 Å². The Morgan fingerprint density at radius 3 is 2.95 bits per heavy atom. The van der Waals surface area contributed by atoms with Gasteiger partial charge in [-0.3, -0.25) is 14.9 Å². The number of anilines is 1. The molecule has 2 N–H and O–H groups in total. The summed E-state index contributed by atoms with van der Waals surface area (Å²) in [5, 5.41) is 12.2. The van der Waals surface area contributed by atoms with Crippen LogP contribution in [-0.4, -0.2) is 22.3 Å². The first-order valence-corrected chi connectivity index (χ1v) is 7.32. The molecule has 2 heterocycles. The molecule has 21 heavy (non-hydrogen) atoms. The molecule has 0 aliphatic carbocycles. The zero-order chi connectivity index (χ0) is 15.0. The first kappa shape index (κ1) is 13.6. The van der Waals surface area contributed by atoms with E-state index in [4.69, 9.17) is 5.73 Å². The van der Waals surface area contributed by atoms with E-state index in [1.165, 1.54) is 11.4 Å². The SMILES string of the molecule is Nc1cccc2c1CN(C(=O)c1csc([N+](=O)[O-])c1)CC2. The van der Waals surface area contributed by atoms with Gasteiger partial charge >= 0.3 is 5.00 Å². The smallest absolute Gasteiger partial charge is 0.324 e. The molecule has 1 aliphatic heterocycles. The summed E-state index contributed by atoms with van der Waals surface area (Å²) in [5.74, 6) is -0.187. The van der Waals surface area contributed by atoms with Crippen LogP contribution in [0.2, 0.25) is 0 Å². The normalized spacial score (nSPS) is 13.8. The minimum absolute atomic E-state index is 0.0183. The van der Waals surface area contributed by atoms with Crippen LogP contribution in [0.15, 0.2) is 29.6 Å². The summed E-state index contributed by atoms with van der Waals surface area (Å²) in [4.78, 5) is 24.3. The zero-order valence-electron chi connectivity index (χ0n) is 11.1. The fourth-order valence-electron chi connectivity index (χ4n) is 2.50. The summed E-state index contributed by atoms with van der Waals surface area (Å²) < 4.78 is 0. The van der Waals surface area contributed by atoms with Gasteiger partial charge in [0.2, 0.25) is 0 Å². The minimum atomic E-state index is -0.481. The molecule has 2 aromatic rings. The summed E-state index contributed by atoms with van der Waals surface area (Å²) in [6, 6.07) is 7.08. The highest BCUT2D eigenvalue weighted by Gasteiger charge is 2.25. The fourth-order valence-corrected chi connectivity index (χ4v) is 3.19. The van der Waals surface area contributed by atoms with Gasteiger partial charge in [0.05, 0.1) is 10.5 Å². The molecule has 3 rings (SSSR count). The highest BCUT2D eigenvalue weighted by atomic mass is 32.1. The topological polar surface area (TPSA) is 89.5 Å². The Balaban J connectivity index is 1.83. The lowest BCUT2D eigenvalue weighted by Crippen LogP contribution is -2.36. The predicted molar refractivity (Wildman–Crippen MR) is 80.3 cm³/mol. The number of nitro groups is 1. The van der Waals surface area contributed by atoms with Crippen LogP contribution < -0.4 is 5.73 Å². The first-order chi connectivity index (χ1) is 10.1. The van der Waals surface area contributed by atoms with Crippen molar-refractivity contribution in [3.05, 3.63) is 56.5 Å². The Morgan fingerprint density at radius 1 is 1.43 bits per heavy atom. The predicted octanol–water partition coefficient (Wildman–Crippen LogP) is 2.44. The van der Waals surface area contributed by atoms with Gasteiger partial charge in [-0.15, -0.1) is 0 Å². The number of nitrogens with zero attached hydrogens (tertiary/aromatic N) is 2. The van der Waals surface area contributed by atoms with E-state index in [0.29, 0.717) is 24.3 Å². The Kier molecular flexibility index (Phi) is 3.34. The maximum absolute atomic E-state index is 12.4. The van der Waals surface area contributed by atoms with Crippen LogP contribution in [0.3, 0.4) is 0 Å². The van der Waals surface area contributed by atoms with Crippen LogP contribution in [0, 0.1) is 10.1 Å². The molecule has 0 saturated heterocycles. The molecular weight excluding hydrogens is 290 g/mol. The van der Waals surface area contributed by atoms with Gasteiger partial charge in [0.1, 0.15) is 0 Å². The number of benzene rings is 1. The number of nitrogens with two attached hydrogens (primary N) is 1. The lowest BCUT2D eigenvalue weighted by Gasteiger charge is -2.29. The molecule has 0 unspecified atom stereocenters. The summed E-state index contributed by atoms with van der Waals surface area (Å²) >= 11 is 0.967. The van der Waals surface area contributed by atoms with E-state index in [1.807, 2.05) is 18.2 Å². The summed E-state index contributed by atoms with van der Waals surface area (Å²) in [6.45, 7) is 1.05. The van der Waals surface area contributed by atoms with Crippen LogP contribution in [0.5, 0.6) is 0 Å². The van der Waals surface area contributed by atoms with Gasteiger partial charge in [-0.2, -0.15) is 0 Å².